The monoisotopic (exact) mass is 293 g/mol. The molecule has 5 heteroatoms. The fourth-order valence-electron chi connectivity index (χ4n) is 2.93. The van der Waals surface area contributed by atoms with Crippen LogP contribution in [0, 0.1) is 0 Å². The van der Waals surface area contributed by atoms with E-state index in [9.17, 15) is 9.90 Å². The molecule has 4 nitrogen and oxygen atoms in total. The smallest absolute Gasteiger partial charge is 0.214 e. The molecule has 3 atom stereocenters. The third kappa shape index (κ3) is 2.13. The van der Waals surface area contributed by atoms with E-state index in [1.807, 2.05) is 24.3 Å². The normalized spacial score (nSPS) is 30.4. The Labute approximate surface area is 122 Å². The summed E-state index contributed by atoms with van der Waals surface area (Å²) in [4.78, 5) is 16.2. The summed E-state index contributed by atoms with van der Waals surface area (Å²) in [6.45, 7) is 1.59. The molecule has 20 heavy (non-hydrogen) atoms. The van der Waals surface area contributed by atoms with Gasteiger partial charge in [0.25, 0.3) is 0 Å². The Kier molecular flexibility index (Phi) is 3.30. The molecule has 2 aliphatic rings. The Morgan fingerprint density at radius 1 is 1.50 bits per heavy atom. The number of aliphatic hydroxyl groups excluding tert-OH is 1. The van der Waals surface area contributed by atoms with E-state index in [2.05, 4.69) is 4.99 Å². The van der Waals surface area contributed by atoms with Crippen LogP contribution in [-0.4, -0.2) is 28.9 Å². The van der Waals surface area contributed by atoms with Crippen LogP contribution in [0.2, 0.25) is 5.02 Å². The van der Waals surface area contributed by atoms with Crippen LogP contribution in [-0.2, 0) is 15.1 Å². The van der Waals surface area contributed by atoms with Crippen molar-refractivity contribution in [3.05, 3.63) is 34.9 Å². The molecule has 0 aromatic heterocycles. The van der Waals surface area contributed by atoms with Gasteiger partial charge in [-0.15, -0.1) is 0 Å². The average molecular weight is 294 g/mol. The van der Waals surface area contributed by atoms with Gasteiger partial charge in [-0.1, -0.05) is 29.8 Å². The molecule has 1 fully saturated rings. The van der Waals surface area contributed by atoms with Gasteiger partial charge in [0, 0.05) is 23.4 Å². The first-order valence-electron chi connectivity index (χ1n) is 6.74. The lowest BCUT2D eigenvalue weighted by molar-refractivity contribution is -0.129. The number of halogens is 1. The van der Waals surface area contributed by atoms with Crippen LogP contribution in [0.25, 0.3) is 0 Å². The number of rotatable bonds is 2. The van der Waals surface area contributed by atoms with Gasteiger partial charge in [0.05, 0.1) is 0 Å². The molecule has 1 aliphatic carbocycles. The van der Waals surface area contributed by atoms with Crippen LogP contribution in [0.4, 0.5) is 0 Å². The predicted molar refractivity (Wildman–Crippen MR) is 76.0 cm³/mol. The maximum Gasteiger partial charge on any atom is 0.214 e. The molecule has 0 amide bonds. The zero-order valence-electron chi connectivity index (χ0n) is 11.2. The van der Waals surface area contributed by atoms with Crippen molar-refractivity contribution in [3.63, 3.8) is 0 Å². The predicted octanol–water partition coefficient (Wildman–Crippen LogP) is 2.47. The van der Waals surface area contributed by atoms with Crippen molar-refractivity contribution in [1.82, 2.24) is 0 Å². The van der Waals surface area contributed by atoms with Crippen LogP contribution in [0.5, 0.6) is 0 Å². The summed E-state index contributed by atoms with van der Waals surface area (Å²) in [5, 5.41) is 10.4. The highest BCUT2D eigenvalue weighted by Gasteiger charge is 2.48. The summed E-state index contributed by atoms with van der Waals surface area (Å²) in [6.07, 6.45) is 0.654. The Morgan fingerprint density at radius 3 is 2.95 bits per heavy atom. The summed E-state index contributed by atoms with van der Waals surface area (Å²) in [5.74, 6) is 0.336. The number of hydrogen-bond donors (Lipinski definition) is 1. The van der Waals surface area contributed by atoms with Crippen molar-refractivity contribution in [2.45, 2.75) is 43.9 Å². The standard InChI is InChI=1S/C15H16ClNO3/c1-9(18)14-17-12-8-15(20-14,7-6-13(12)19)10-4-2-3-5-11(10)16/h2-5,9,12,18H,6-8H2,1H3. The van der Waals surface area contributed by atoms with Crippen molar-refractivity contribution < 1.29 is 14.6 Å². The molecule has 1 aromatic carbocycles. The number of benzene rings is 1. The van der Waals surface area contributed by atoms with E-state index in [1.165, 1.54) is 0 Å². The molecule has 0 spiro atoms. The fourth-order valence-corrected chi connectivity index (χ4v) is 3.24. The summed E-state index contributed by atoms with van der Waals surface area (Å²) in [6, 6.07) is 7.06. The molecule has 0 radical (unpaired) electrons. The molecule has 3 rings (SSSR count). The zero-order chi connectivity index (χ0) is 14.3. The summed E-state index contributed by atoms with van der Waals surface area (Å²) >= 11 is 6.29. The molecule has 1 aromatic rings. The number of fused-ring (bicyclic) bond motifs is 2. The summed E-state index contributed by atoms with van der Waals surface area (Å²) < 4.78 is 5.98. The van der Waals surface area contributed by atoms with E-state index in [4.69, 9.17) is 16.3 Å². The van der Waals surface area contributed by atoms with Crippen LogP contribution in [0.1, 0.15) is 31.7 Å². The summed E-state index contributed by atoms with van der Waals surface area (Å²) in [5.41, 5.74) is 0.220. The second kappa shape index (κ2) is 4.86. The molecular weight excluding hydrogens is 278 g/mol. The fraction of sp³-hybridized carbons (Fsp3) is 0.467. The van der Waals surface area contributed by atoms with Crippen LogP contribution < -0.4 is 0 Å². The van der Waals surface area contributed by atoms with Crippen molar-refractivity contribution in [2.75, 3.05) is 0 Å². The van der Waals surface area contributed by atoms with E-state index in [0.29, 0.717) is 24.3 Å². The van der Waals surface area contributed by atoms with E-state index < -0.39 is 17.7 Å². The van der Waals surface area contributed by atoms with Gasteiger partial charge < -0.3 is 9.84 Å². The third-order valence-electron chi connectivity index (χ3n) is 3.98. The average Bonchev–Trinajstić information content (AvgIpc) is 2.43. The van der Waals surface area contributed by atoms with Crippen molar-refractivity contribution >= 4 is 23.3 Å². The van der Waals surface area contributed by atoms with Crippen molar-refractivity contribution in [2.24, 2.45) is 4.99 Å². The first-order chi connectivity index (χ1) is 9.52. The highest BCUT2D eigenvalue weighted by atomic mass is 35.5. The molecule has 106 valence electrons. The Hall–Kier alpha value is -1.39. The van der Waals surface area contributed by atoms with Crippen LogP contribution in [0.3, 0.4) is 0 Å². The first-order valence-corrected chi connectivity index (χ1v) is 7.12. The number of nitrogens with zero attached hydrogens (tertiary/aromatic N) is 1. The number of Topliss-reactive ketones (excluding diaryl/α,β-unsaturated/α-hetero) is 1. The van der Waals surface area contributed by atoms with Gasteiger partial charge in [-0.2, -0.15) is 0 Å². The second-order valence-electron chi connectivity index (χ2n) is 5.41. The molecular formula is C15H16ClNO3. The van der Waals surface area contributed by atoms with Crippen molar-refractivity contribution in [3.8, 4) is 0 Å². The Bertz CT molecular complexity index is 584. The minimum atomic E-state index is -0.828. The molecule has 1 saturated carbocycles. The van der Waals surface area contributed by atoms with E-state index in [0.717, 1.165) is 5.56 Å². The molecule has 1 aliphatic heterocycles. The number of hydrogen-bond acceptors (Lipinski definition) is 4. The third-order valence-corrected chi connectivity index (χ3v) is 4.30. The highest BCUT2D eigenvalue weighted by molar-refractivity contribution is 6.31. The Morgan fingerprint density at radius 2 is 2.25 bits per heavy atom. The largest absolute Gasteiger partial charge is 0.467 e. The van der Waals surface area contributed by atoms with E-state index in [-0.39, 0.29) is 11.7 Å². The SMILES string of the molecule is CC(O)C1=NC2CC(c3ccccc3Cl)(CCC2=O)O1. The van der Waals surface area contributed by atoms with Gasteiger partial charge in [-0.3, -0.25) is 4.79 Å². The lowest BCUT2D eigenvalue weighted by Gasteiger charge is -2.44. The molecule has 1 heterocycles. The Balaban J connectivity index is 2.07. The number of carbonyl (C=O) groups is 1. The molecule has 0 saturated heterocycles. The minimum Gasteiger partial charge on any atom is -0.467 e. The quantitative estimate of drug-likeness (QED) is 0.911. The maximum absolute atomic E-state index is 12.0. The van der Waals surface area contributed by atoms with Gasteiger partial charge in [-0.05, 0) is 19.4 Å². The topological polar surface area (TPSA) is 58.9 Å². The number of aliphatic imine (C=N–C) groups is 1. The van der Waals surface area contributed by atoms with Gasteiger partial charge in [0.15, 0.2) is 5.78 Å². The van der Waals surface area contributed by atoms with Gasteiger partial charge in [-0.25, -0.2) is 4.99 Å². The molecule has 2 bridgehead atoms. The minimum absolute atomic E-state index is 0.106. The summed E-state index contributed by atoms with van der Waals surface area (Å²) in [7, 11) is 0. The molecule has 1 N–H and O–H groups in total. The highest BCUT2D eigenvalue weighted by Crippen LogP contribution is 2.45. The van der Waals surface area contributed by atoms with Gasteiger partial charge in [0.2, 0.25) is 5.90 Å². The van der Waals surface area contributed by atoms with Gasteiger partial charge in [0.1, 0.15) is 17.7 Å². The number of ether oxygens (including phenoxy) is 1. The van der Waals surface area contributed by atoms with E-state index >= 15 is 0 Å². The van der Waals surface area contributed by atoms with Crippen molar-refractivity contribution in [1.29, 1.82) is 0 Å². The second-order valence-corrected chi connectivity index (χ2v) is 5.81. The van der Waals surface area contributed by atoms with Crippen LogP contribution in [0.15, 0.2) is 29.3 Å². The maximum atomic E-state index is 12.0. The van der Waals surface area contributed by atoms with Crippen LogP contribution >= 0.6 is 11.6 Å². The number of aliphatic hydroxyl groups is 1. The zero-order valence-corrected chi connectivity index (χ0v) is 11.9. The number of carbonyl (C=O) groups excluding carboxylic acids is 1. The first kappa shape index (κ1) is 13.6. The number of ketones is 1. The lowest BCUT2D eigenvalue weighted by Crippen LogP contribution is -2.49. The van der Waals surface area contributed by atoms with E-state index in [1.54, 1.807) is 6.92 Å². The van der Waals surface area contributed by atoms with Gasteiger partial charge >= 0.3 is 0 Å². The molecule has 3 unspecified atom stereocenters. The lowest BCUT2D eigenvalue weighted by atomic mass is 9.75.